The molecular formula is C18H24O12. The molecule has 12 heteroatoms. The fourth-order valence-corrected chi connectivity index (χ4v) is 3.80. The molecule has 168 valence electrons. The molecule has 0 amide bonds. The molecule has 0 bridgehead atoms. The summed E-state index contributed by atoms with van der Waals surface area (Å²) in [5, 5.41) is 59.7. The summed E-state index contributed by atoms with van der Waals surface area (Å²) in [6.45, 7) is -0.0460. The number of carboxylic acids is 1. The highest BCUT2D eigenvalue weighted by Gasteiger charge is 2.56. The van der Waals surface area contributed by atoms with Crippen molar-refractivity contribution in [1.82, 2.24) is 0 Å². The second-order valence-corrected chi connectivity index (χ2v) is 7.40. The number of aliphatic carboxylic acids is 1. The Hall–Kier alpha value is -2.06. The van der Waals surface area contributed by atoms with Crippen molar-refractivity contribution in [2.45, 2.75) is 49.5 Å². The third-order valence-corrected chi connectivity index (χ3v) is 5.41. The van der Waals surface area contributed by atoms with E-state index in [1.165, 1.54) is 12.2 Å². The van der Waals surface area contributed by atoms with Crippen LogP contribution in [0.2, 0.25) is 0 Å². The van der Waals surface area contributed by atoms with Crippen LogP contribution in [0, 0.1) is 11.8 Å². The average Bonchev–Trinajstić information content (AvgIpc) is 3.05. The van der Waals surface area contributed by atoms with Crippen LogP contribution in [0.4, 0.5) is 0 Å². The van der Waals surface area contributed by atoms with Crippen LogP contribution >= 0.6 is 0 Å². The number of allylic oxidation sites excluding steroid dienone is 1. The maximum absolute atomic E-state index is 11.5. The zero-order valence-electron chi connectivity index (χ0n) is 15.9. The second-order valence-electron chi connectivity index (χ2n) is 7.40. The standard InChI is InChI=1S/C18H24O12/c1-7(20)28-6-18(26)3-2-8-9(15(24)25)5-27-16(11(8)18)30-17-14(23)13(22)12(21)10(4-19)29-17/h2-3,5,8,10-14,16-17,19,21-23,26H,4,6H2,1H3,(H,24,25)/t8-,10-,11-,12-,13+,14-,16+,17+,18+/m1/s1. The zero-order valence-corrected chi connectivity index (χ0v) is 15.9. The molecule has 30 heavy (non-hydrogen) atoms. The smallest absolute Gasteiger partial charge is 0.335 e. The van der Waals surface area contributed by atoms with E-state index in [9.17, 15) is 40.2 Å². The van der Waals surface area contributed by atoms with Crippen LogP contribution in [-0.2, 0) is 28.5 Å². The van der Waals surface area contributed by atoms with Gasteiger partial charge < -0.3 is 49.6 Å². The van der Waals surface area contributed by atoms with Crippen LogP contribution in [0.25, 0.3) is 0 Å². The first-order valence-corrected chi connectivity index (χ1v) is 9.19. The van der Waals surface area contributed by atoms with Gasteiger partial charge in [0.25, 0.3) is 0 Å². The van der Waals surface area contributed by atoms with Crippen LogP contribution in [0.3, 0.4) is 0 Å². The lowest BCUT2D eigenvalue weighted by molar-refractivity contribution is -0.346. The van der Waals surface area contributed by atoms with Crippen molar-refractivity contribution in [3.63, 3.8) is 0 Å². The molecule has 2 heterocycles. The van der Waals surface area contributed by atoms with Gasteiger partial charge in [0.1, 0.15) is 36.6 Å². The SMILES string of the molecule is CC(=O)OC[C@@]1(O)C=C[C@@H]2C(C(=O)O)=CO[C@@H](O[C@@H]3O[C@H](CO)[C@@H](O)[C@H](O)[C@H]3O)[C@@H]21. The summed E-state index contributed by atoms with van der Waals surface area (Å²) < 4.78 is 21.1. The van der Waals surface area contributed by atoms with Crippen molar-refractivity contribution in [2.24, 2.45) is 11.8 Å². The molecule has 12 nitrogen and oxygen atoms in total. The number of ether oxygens (including phenoxy) is 4. The highest BCUT2D eigenvalue weighted by atomic mass is 16.8. The molecule has 0 saturated carbocycles. The van der Waals surface area contributed by atoms with E-state index in [0.717, 1.165) is 13.2 Å². The molecule has 0 radical (unpaired) electrons. The van der Waals surface area contributed by atoms with Crippen molar-refractivity contribution in [1.29, 1.82) is 0 Å². The Morgan fingerprint density at radius 2 is 1.87 bits per heavy atom. The Morgan fingerprint density at radius 3 is 2.47 bits per heavy atom. The molecule has 9 atom stereocenters. The number of aliphatic hydroxyl groups is 5. The van der Waals surface area contributed by atoms with Gasteiger partial charge in [0.05, 0.1) is 24.4 Å². The van der Waals surface area contributed by atoms with Crippen LogP contribution < -0.4 is 0 Å². The van der Waals surface area contributed by atoms with Crippen LogP contribution in [-0.4, -0.2) is 98.4 Å². The highest BCUT2D eigenvalue weighted by molar-refractivity contribution is 5.87. The second kappa shape index (κ2) is 8.59. The minimum atomic E-state index is -1.86. The topological polar surface area (TPSA) is 192 Å². The fraction of sp³-hybridized carbons (Fsp3) is 0.667. The Morgan fingerprint density at radius 1 is 1.17 bits per heavy atom. The Kier molecular flexibility index (Phi) is 6.48. The maximum Gasteiger partial charge on any atom is 0.335 e. The van der Waals surface area contributed by atoms with E-state index < -0.39 is 79.6 Å². The molecular weight excluding hydrogens is 408 g/mol. The van der Waals surface area contributed by atoms with Crippen LogP contribution in [0.5, 0.6) is 0 Å². The van der Waals surface area contributed by atoms with E-state index in [1.54, 1.807) is 0 Å². The highest BCUT2D eigenvalue weighted by Crippen LogP contribution is 2.45. The number of carboxylic acid groups (broad SMARTS) is 1. The van der Waals surface area contributed by atoms with Gasteiger partial charge in [0.2, 0.25) is 6.29 Å². The number of carbonyl (C=O) groups excluding carboxylic acids is 1. The first-order chi connectivity index (χ1) is 14.1. The Balaban J connectivity index is 1.86. The van der Waals surface area contributed by atoms with Crippen molar-refractivity contribution < 1.29 is 59.2 Å². The van der Waals surface area contributed by atoms with Crippen molar-refractivity contribution in [2.75, 3.05) is 13.2 Å². The van der Waals surface area contributed by atoms with Gasteiger partial charge in [-0.05, 0) is 0 Å². The minimum absolute atomic E-state index is 0.177. The summed E-state index contributed by atoms with van der Waals surface area (Å²) >= 11 is 0. The van der Waals surface area contributed by atoms with Gasteiger partial charge >= 0.3 is 11.9 Å². The fourth-order valence-electron chi connectivity index (χ4n) is 3.80. The van der Waals surface area contributed by atoms with Crippen LogP contribution in [0.15, 0.2) is 24.0 Å². The quantitative estimate of drug-likeness (QED) is 0.187. The first kappa shape index (κ1) is 22.6. The number of hydrogen-bond acceptors (Lipinski definition) is 11. The monoisotopic (exact) mass is 432 g/mol. The number of rotatable bonds is 6. The normalized spacial score (nSPS) is 42.8. The number of esters is 1. The predicted octanol–water partition coefficient (Wildman–Crippen LogP) is -2.78. The van der Waals surface area contributed by atoms with Crippen molar-refractivity contribution in [3.05, 3.63) is 24.0 Å². The van der Waals surface area contributed by atoms with Gasteiger partial charge in [-0.25, -0.2) is 4.79 Å². The summed E-state index contributed by atoms with van der Waals surface area (Å²) in [6.07, 6.45) is -5.62. The molecule has 6 N–H and O–H groups in total. The van der Waals surface area contributed by atoms with E-state index >= 15 is 0 Å². The number of fused-ring (bicyclic) bond motifs is 1. The average molecular weight is 432 g/mol. The van der Waals surface area contributed by atoms with Gasteiger partial charge in [-0.1, -0.05) is 12.2 Å². The molecule has 3 aliphatic rings. The summed E-state index contributed by atoms with van der Waals surface area (Å²) in [7, 11) is 0. The summed E-state index contributed by atoms with van der Waals surface area (Å²) in [6, 6.07) is 0. The first-order valence-electron chi connectivity index (χ1n) is 9.19. The molecule has 1 fully saturated rings. The zero-order chi connectivity index (χ0) is 22.2. The summed E-state index contributed by atoms with van der Waals surface area (Å²) in [5.41, 5.74) is -2.03. The van der Waals surface area contributed by atoms with Crippen molar-refractivity contribution >= 4 is 11.9 Å². The minimum Gasteiger partial charge on any atom is -0.478 e. The largest absolute Gasteiger partial charge is 0.478 e. The molecule has 0 unspecified atom stereocenters. The van der Waals surface area contributed by atoms with E-state index in [-0.39, 0.29) is 5.57 Å². The number of carbonyl (C=O) groups is 2. The van der Waals surface area contributed by atoms with E-state index in [1.807, 2.05) is 0 Å². The summed E-state index contributed by atoms with van der Waals surface area (Å²) in [5.74, 6) is -3.96. The Bertz CT molecular complexity index is 733. The van der Waals surface area contributed by atoms with E-state index in [4.69, 9.17) is 18.9 Å². The molecule has 3 rings (SSSR count). The lowest BCUT2D eigenvalue weighted by atomic mass is 9.79. The van der Waals surface area contributed by atoms with Gasteiger partial charge in [-0.15, -0.1) is 0 Å². The van der Waals surface area contributed by atoms with Crippen LogP contribution in [0.1, 0.15) is 6.92 Å². The van der Waals surface area contributed by atoms with Gasteiger partial charge in [-0.2, -0.15) is 0 Å². The number of hydrogen-bond donors (Lipinski definition) is 6. The molecule has 0 aromatic heterocycles. The van der Waals surface area contributed by atoms with Gasteiger partial charge in [0.15, 0.2) is 6.29 Å². The van der Waals surface area contributed by atoms with E-state index in [0.29, 0.717) is 0 Å². The van der Waals surface area contributed by atoms with Gasteiger partial charge in [-0.3, -0.25) is 4.79 Å². The molecule has 0 aromatic carbocycles. The molecule has 1 aliphatic carbocycles. The lowest BCUT2D eigenvalue weighted by Crippen LogP contribution is -2.61. The summed E-state index contributed by atoms with van der Waals surface area (Å²) in [4.78, 5) is 22.7. The third-order valence-electron chi connectivity index (χ3n) is 5.41. The third kappa shape index (κ3) is 4.07. The predicted molar refractivity (Wildman–Crippen MR) is 93.1 cm³/mol. The molecule has 1 saturated heterocycles. The Labute approximate surface area is 170 Å². The molecule has 0 spiro atoms. The van der Waals surface area contributed by atoms with E-state index in [2.05, 4.69) is 0 Å². The number of aliphatic hydroxyl groups excluding tert-OH is 4. The van der Waals surface area contributed by atoms with Crippen molar-refractivity contribution in [3.8, 4) is 0 Å². The lowest BCUT2D eigenvalue weighted by Gasteiger charge is -2.44. The maximum atomic E-state index is 11.5. The van der Waals surface area contributed by atoms with Gasteiger partial charge in [0, 0.05) is 12.8 Å². The molecule has 0 aromatic rings. The molecule has 2 aliphatic heterocycles.